The second-order valence-electron chi connectivity index (χ2n) is 6.09. The van der Waals surface area contributed by atoms with Crippen LogP contribution in [-0.2, 0) is 0 Å². The Balaban J connectivity index is 5.80. The maximum atomic E-state index is 3.77. The Bertz CT molecular complexity index is 272. The van der Waals surface area contributed by atoms with Gasteiger partial charge in [0.2, 0.25) is 0 Å². The Kier molecular flexibility index (Phi) is 6.02. The molecule has 94 valence electrons. The van der Waals surface area contributed by atoms with Crippen LogP contribution in [0.2, 0.25) is 37.8 Å². The minimum absolute atomic E-state index is 1.20. The highest BCUT2D eigenvalue weighted by Crippen LogP contribution is 2.34. The van der Waals surface area contributed by atoms with E-state index in [9.17, 15) is 0 Å². The third-order valence-electron chi connectivity index (χ3n) is 3.69. The Morgan fingerprint density at radius 1 is 0.875 bits per heavy atom. The van der Waals surface area contributed by atoms with Crippen LogP contribution in [0.5, 0.6) is 0 Å². The average Bonchev–Trinajstić information content (AvgIpc) is 2.17. The smallest absolute Gasteiger partial charge is 0.0856 e. The van der Waals surface area contributed by atoms with Crippen LogP contribution in [0.1, 0.15) is 34.6 Å². The lowest BCUT2D eigenvalue weighted by Gasteiger charge is -2.36. The molecule has 0 atom stereocenters. The van der Waals surface area contributed by atoms with Crippen LogP contribution in [-0.4, -0.2) is 16.1 Å². The molecule has 0 saturated carbocycles. The molecule has 0 aromatic carbocycles. The van der Waals surface area contributed by atoms with Crippen LogP contribution in [0.25, 0.3) is 0 Å². The van der Waals surface area contributed by atoms with Gasteiger partial charge in [0.05, 0.1) is 16.1 Å². The van der Waals surface area contributed by atoms with Gasteiger partial charge >= 0.3 is 0 Å². The lowest BCUT2D eigenvalue weighted by atomic mass is 10.4. The minimum atomic E-state index is -1.20. The molecule has 2 heteroatoms. The van der Waals surface area contributed by atoms with Crippen molar-refractivity contribution in [3.63, 3.8) is 0 Å². The molecule has 0 spiro atoms. The first-order valence-corrected chi connectivity index (χ1v) is 12.8. The molecule has 0 unspecified atom stereocenters. The Labute approximate surface area is 105 Å². The highest BCUT2D eigenvalue weighted by Gasteiger charge is 2.38. The van der Waals surface area contributed by atoms with Crippen LogP contribution < -0.4 is 0 Å². The zero-order valence-corrected chi connectivity index (χ0v) is 14.6. The van der Waals surface area contributed by atoms with E-state index in [1.165, 1.54) is 23.7 Å². The van der Waals surface area contributed by atoms with Gasteiger partial charge in [0.25, 0.3) is 0 Å². The zero-order chi connectivity index (χ0) is 13.0. The summed E-state index contributed by atoms with van der Waals surface area (Å²) in [5.41, 5.74) is 5.14. The first-order valence-electron chi connectivity index (χ1n) is 6.68. The fraction of sp³-hybridized carbons (Fsp3) is 0.786. The van der Waals surface area contributed by atoms with Crippen molar-refractivity contribution in [1.82, 2.24) is 0 Å². The quantitative estimate of drug-likeness (QED) is 0.455. The van der Waals surface area contributed by atoms with E-state index in [0.717, 1.165) is 0 Å². The number of hydrogen-bond donors (Lipinski definition) is 0. The van der Waals surface area contributed by atoms with Gasteiger partial charge < -0.3 is 0 Å². The minimum Gasteiger partial charge on any atom is -0.132 e. The van der Waals surface area contributed by atoms with Crippen molar-refractivity contribution in [3.8, 4) is 0 Å². The van der Waals surface area contributed by atoms with Crippen molar-refractivity contribution in [1.29, 1.82) is 0 Å². The summed E-state index contributed by atoms with van der Waals surface area (Å²) in [7, 11) is -2.40. The van der Waals surface area contributed by atoms with Gasteiger partial charge in [-0.05, 0) is 19.4 Å². The summed E-state index contributed by atoms with van der Waals surface area (Å²) in [6, 6.07) is 4.17. The van der Waals surface area contributed by atoms with E-state index in [4.69, 9.17) is 0 Å². The maximum absolute atomic E-state index is 3.77. The first kappa shape index (κ1) is 16.0. The summed E-state index contributed by atoms with van der Waals surface area (Å²) in [4.78, 5) is 1.78. The van der Waals surface area contributed by atoms with Crippen molar-refractivity contribution in [2.45, 2.75) is 72.4 Å². The van der Waals surface area contributed by atoms with E-state index in [1.54, 1.807) is 4.82 Å². The molecule has 0 aromatic rings. The summed E-state index contributed by atoms with van der Waals surface area (Å²) in [5, 5.41) is 0. The van der Waals surface area contributed by atoms with Gasteiger partial charge in [0.15, 0.2) is 0 Å². The maximum Gasteiger partial charge on any atom is 0.0856 e. The Morgan fingerprint density at radius 2 is 1.25 bits per heavy atom. The van der Waals surface area contributed by atoms with E-state index in [2.05, 4.69) is 60.0 Å². The molecule has 0 nitrogen and oxygen atoms in total. The van der Waals surface area contributed by atoms with Gasteiger partial charge in [0.1, 0.15) is 0 Å². The van der Waals surface area contributed by atoms with Gasteiger partial charge in [-0.1, -0.05) is 63.4 Å². The molecule has 0 amide bonds. The number of hydrogen-bond acceptors (Lipinski definition) is 0. The molecule has 0 aliphatic carbocycles. The lowest BCUT2D eigenvalue weighted by molar-refractivity contribution is 1.18. The molecule has 0 aliphatic rings. The van der Waals surface area contributed by atoms with Crippen molar-refractivity contribution in [2.75, 3.05) is 0 Å². The first-order chi connectivity index (χ1) is 7.23. The topological polar surface area (TPSA) is 0 Å². The third kappa shape index (κ3) is 3.76. The fourth-order valence-electron chi connectivity index (χ4n) is 2.65. The van der Waals surface area contributed by atoms with Crippen LogP contribution in [0.4, 0.5) is 0 Å². The van der Waals surface area contributed by atoms with Gasteiger partial charge in [-0.3, -0.25) is 0 Å². The van der Waals surface area contributed by atoms with E-state index in [1.807, 2.05) is 0 Å². The number of allylic oxidation sites excluding steroid dienone is 1. The van der Waals surface area contributed by atoms with Crippen molar-refractivity contribution < 1.29 is 0 Å². The number of rotatable bonds is 5. The summed E-state index contributed by atoms with van der Waals surface area (Å²) in [5.74, 6) is 0. The standard InChI is InChI=1S/C14H30Si2/c1-9-16(10-2,11-3)14(12-13(4)5)15(6,7)8/h9-11H2,1-8H3. The zero-order valence-electron chi connectivity index (χ0n) is 12.6. The van der Waals surface area contributed by atoms with Crippen LogP contribution in [0.15, 0.2) is 16.1 Å². The van der Waals surface area contributed by atoms with E-state index in [-0.39, 0.29) is 0 Å². The Morgan fingerprint density at radius 3 is 1.44 bits per heavy atom. The molecule has 0 aromatic heterocycles. The largest absolute Gasteiger partial charge is 0.132 e. The predicted octanol–water partition coefficient (Wildman–Crippen LogP) is 5.40. The molecular weight excluding hydrogens is 224 g/mol. The Hall–Kier alpha value is -0.0462. The third-order valence-corrected chi connectivity index (χ3v) is 14.4. The van der Waals surface area contributed by atoms with Crippen molar-refractivity contribution in [2.24, 2.45) is 0 Å². The molecule has 0 N–H and O–H groups in total. The molecular formula is C14H30Si2. The van der Waals surface area contributed by atoms with E-state index >= 15 is 0 Å². The average molecular weight is 255 g/mol. The van der Waals surface area contributed by atoms with Gasteiger partial charge in [-0.2, -0.15) is 0 Å². The van der Waals surface area contributed by atoms with Crippen LogP contribution in [0, 0.1) is 0 Å². The summed E-state index contributed by atoms with van der Waals surface area (Å²) in [6.07, 6.45) is 0. The molecule has 0 fully saturated rings. The lowest BCUT2D eigenvalue weighted by Crippen LogP contribution is -2.45. The van der Waals surface area contributed by atoms with E-state index < -0.39 is 16.1 Å². The van der Waals surface area contributed by atoms with Gasteiger partial charge in [0, 0.05) is 0 Å². The molecule has 0 heterocycles. The molecule has 16 heavy (non-hydrogen) atoms. The van der Waals surface area contributed by atoms with E-state index in [0.29, 0.717) is 0 Å². The second kappa shape index (κ2) is 6.04. The van der Waals surface area contributed by atoms with Gasteiger partial charge in [-0.25, -0.2) is 0 Å². The highest BCUT2D eigenvalue weighted by atomic mass is 28.4. The van der Waals surface area contributed by atoms with Gasteiger partial charge in [-0.15, -0.1) is 5.73 Å². The van der Waals surface area contributed by atoms with Crippen molar-refractivity contribution in [3.05, 3.63) is 16.1 Å². The molecule has 0 saturated heterocycles. The monoisotopic (exact) mass is 254 g/mol. The molecule has 0 aliphatic heterocycles. The predicted molar refractivity (Wildman–Crippen MR) is 82.4 cm³/mol. The normalized spacial score (nSPS) is 12.2. The summed E-state index contributed by atoms with van der Waals surface area (Å²) in [6.45, 7) is 19.0. The summed E-state index contributed by atoms with van der Waals surface area (Å²) >= 11 is 0. The van der Waals surface area contributed by atoms with Crippen LogP contribution >= 0.6 is 0 Å². The molecule has 0 bridgehead atoms. The SMILES string of the molecule is CC[Si](CC)(CC)C(=C=C(C)C)[Si](C)(C)C. The fourth-order valence-corrected chi connectivity index (χ4v) is 14.3. The molecule has 0 rings (SSSR count). The summed E-state index contributed by atoms with van der Waals surface area (Å²) < 4.78 is 0. The van der Waals surface area contributed by atoms with Crippen LogP contribution in [0.3, 0.4) is 0 Å². The second-order valence-corrected chi connectivity index (χ2v) is 16.8. The van der Waals surface area contributed by atoms with Crippen molar-refractivity contribution >= 4 is 16.1 Å². The molecule has 0 radical (unpaired) electrons. The highest BCUT2D eigenvalue weighted by molar-refractivity contribution is 7.06.